The van der Waals surface area contributed by atoms with Gasteiger partial charge in [0.1, 0.15) is 5.75 Å². The molecule has 0 aliphatic carbocycles. The molecule has 250 valence electrons. The molecule has 0 bridgehead atoms. The van der Waals surface area contributed by atoms with Gasteiger partial charge in [0.05, 0.1) is 13.2 Å². The number of nitrogens with one attached hydrogen (secondary N) is 2. The Bertz CT molecular complexity index is 1560. The van der Waals surface area contributed by atoms with Crippen LogP contribution in [-0.4, -0.2) is 43.2 Å². The molecule has 48 heavy (non-hydrogen) atoms. The number of ketones is 1. The maximum Gasteiger partial charge on any atom is 0.164 e. The van der Waals surface area contributed by atoms with Crippen LogP contribution in [0.25, 0.3) is 0 Å². The standard InChI is InChI=1S/C24H27N.C19H23NO3/c1-20(19-21-11-5-2-6-12-21)25-18-17-24(22-13-7-3-8-14-22)23-15-9-4-10-16-23;1-14(19(22)15-7-4-3-5-8-15)20-12-11-18(21)16-9-6-10-17(13-16)23-2/h2-16,20,24-25H,17-19H2,1H3;3-10,13-14,19-20,22H,11-12H2,1-2H3/t;14-,19-/m.0/s1. The minimum Gasteiger partial charge on any atom is -0.497 e. The Morgan fingerprint density at radius 2 is 1.21 bits per heavy atom. The van der Waals surface area contributed by atoms with Crippen molar-refractivity contribution in [1.82, 2.24) is 10.6 Å². The molecule has 0 radical (unpaired) electrons. The highest BCUT2D eigenvalue weighted by Crippen LogP contribution is 2.27. The van der Waals surface area contributed by atoms with Crippen molar-refractivity contribution in [2.75, 3.05) is 20.2 Å². The van der Waals surface area contributed by atoms with Gasteiger partial charge in [0.2, 0.25) is 0 Å². The average molecular weight is 643 g/mol. The van der Waals surface area contributed by atoms with Gasteiger partial charge in [-0.25, -0.2) is 0 Å². The van der Waals surface area contributed by atoms with Crippen LogP contribution in [-0.2, 0) is 6.42 Å². The van der Waals surface area contributed by atoms with Crippen molar-refractivity contribution in [3.63, 3.8) is 0 Å². The molecule has 0 heterocycles. The monoisotopic (exact) mass is 642 g/mol. The van der Waals surface area contributed by atoms with Crippen LogP contribution in [0.15, 0.2) is 146 Å². The van der Waals surface area contributed by atoms with Crippen LogP contribution < -0.4 is 15.4 Å². The number of benzene rings is 5. The van der Waals surface area contributed by atoms with Gasteiger partial charge in [-0.1, -0.05) is 133 Å². The summed E-state index contributed by atoms with van der Waals surface area (Å²) in [5.74, 6) is 1.17. The summed E-state index contributed by atoms with van der Waals surface area (Å²) < 4.78 is 5.13. The third kappa shape index (κ3) is 11.9. The maximum absolute atomic E-state index is 12.2. The summed E-state index contributed by atoms with van der Waals surface area (Å²) in [6.45, 7) is 5.71. The topological polar surface area (TPSA) is 70.6 Å². The first-order valence-corrected chi connectivity index (χ1v) is 17.0. The predicted molar refractivity (Wildman–Crippen MR) is 198 cm³/mol. The van der Waals surface area contributed by atoms with Crippen LogP contribution in [0.5, 0.6) is 5.75 Å². The lowest BCUT2D eigenvalue weighted by molar-refractivity contribution is 0.0972. The van der Waals surface area contributed by atoms with E-state index in [0.717, 1.165) is 24.9 Å². The molecule has 1 unspecified atom stereocenters. The van der Waals surface area contributed by atoms with Gasteiger partial charge in [0.15, 0.2) is 5.78 Å². The normalized spacial score (nSPS) is 12.8. The number of hydrogen-bond acceptors (Lipinski definition) is 5. The molecule has 5 aromatic carbocycles. The summed E-state index contributed by atoms with van der Waals surface area (Å²) in [6.07, 6.45) is 1.96. The number of methoxy groups -OCH3 is 1. The number of aliphatic hydroxyl groups is 1. The van der Waals surface area contributed by atoms with Crippen molar-refractivity contribution in [2.45, 2.75) is 57.2 Å². The second-order valence-electron chi connectivity index (χ2n) is 12.2. The van der Waals surface area contributed by atoms with Crippen LogP contribution >= 0.6 is 0 Å². The van der Waals surface area contributed by atoms with Crippen molar-refractivity contribution >= 4 is 5.78 Å². The third-order valence-electron chi connectivity index (χ3n) is 8.54. The lowest BCUT2D eigenvalue weighted by Crippen LogP contribution is -2.33. The van der Waals surface area contributed by atoms with Crippen molar-refractivity contribution in [2.24, 2.45) is 0 Å². The second-order valence-corrected chi connectivity index (χ2v) is 12.2. The van der Waals surface area contributed by atoms with Gasteiger partial charge in [0, 0.05) is 36.5 Å². The molecule has 0 saturated heterocycles. The smallest absolute Gasteiger partial charge is 0.164 e. The van der Waals surface area contributed by atoms with Crippen molar-refractivity contribution in [1.29, 1.82) is 0 Å². The van der Waals surface area contributed by atoms with E-state index in [9.17, 15) is 9.90 Å². The fourth-order valence-electron chi connectivity index (χ4n) is 5.82. The van der Waals surface area contributed by atoms with Crippen LogP contribution in [0, 0.1) is 0 Å². The maximum atomic E-state index is 12.2. The van der Waals surface area contributed by atoms with E-state index in [1.54, 1.807) is 25.3 Å². The molecule has 0 aliphatic rings. The highest BCUT2D eigenvalue weighted by molar-refractivity contribution is 5.96. The molecule has 5 heteroatoms. The summed E-state index contributed by atoms with van der Waals surface area (Å²) in [7, 11) is 1.58. The molecule has 5 nitrogen and oxygen atoms in total. The molecule has 0 amide bonds. The number of ether oxygens (including phenoxy) is 1. The summed E-state index contributed by atoms with van der Waals surface area (Å²) in [6, 6.07) is 49.4. The number of aliphatic hydroxyl groups excluding tert-OH is 1. The molecule has 5 rings (SSSR count). The lowest BCUT2D eigenvalue weighted by Gasteiger charge is -2.20. The van der Waals surface area contributed by atoms with E-state index < -0.39 is 6.10 Å². The van der Waals surface area contributed by atoms with Crippen molar-refractivity contribution in [3.8, 4) is 5.75 Å². The highest BCUT2D eigenvalue weighted by Gasteiger charge is 2.16. The Labute approximate surface area is 287 Å². The van der Waals surface area contributed by atoms with Gasteiger partial charge in [0.25, 0.3) is 0 Å². The van der Waals surface area contributed by atoms with Crippen molar-refractivity contribution in [3.05, 3.63) is 173 Å². The number of hydrogen-bond donors (Lipinski definition) is 3. The first-order chi connectivity index (χ1) is 23.4. The minimum absolute atomic E-state index is 0.0535. The zero-order valence-electron chi connectivity index (χ0n) is 28.5. The largest absolute Gasteiger partial charge is 0.497 e. The fourth-order valence-corrected chi connectivity index (χ4v) is 5.82. The number of carbonyl (C=O) groups is 1. The Hall–Kier alpha value is -4.55. The van der Waals surface area contributed by atoms with Crippen LogP contribution in [0.2, 0.25) is 0 Å². The molecule has 0 spiro atoms. The van der Waals surface area contributed by atoms with Crippen molar-refractivity contribution < 1.29 is 14.6 Å². The minimum atomic E-state index is -0.594. The van der Waals surface area contributed by atoms with Gasteiger partial charge < -0.3 is 20.5 Å². The molecular formula is C43H50N2O3. The van der Waals surface area contributed by atoms with E-state index in [2.05, 4.69) is 109 Å². The van der Waals surface area contributed by atoms with Gasteiger partial charge >= 0.3 is 0 Å². The molecule has 0 aromatic heterocycles. The van der Waals surface area contributed by atoms with E-state index in [1.165, 1.54) is 16.7 Å². The number of rotatable bonds is 16. The van der Waals surface area contributed by atoms with Gasteiger partial charge in [-0.05, 0) is 67.6 Å². The Morgan fingerprint density at radius 1 is 0.667 bits per heavy atom. The first kappa shape index (κ1) is 36.3. The molecule has 0 fully saturated rings. The summed E-state index contributed by atoms with van der Waals surface area (Å²) in [5, 5.41) is 17.2. The number of carbonyl (C=O) groups excluding carboxylic acids is 1. The number of Topliss-reactive ketones (excluding diaryl/α,β-unsaturated/α-hetero) is 1. The zero-order valence-corrected chi connectivity index (χ0v) is 28.5. The zero-order chi connectivity index (χ0) is 34.0. The Kier molecular flexibility index (Phi) is 15.1. The fraction of sp³-hybridized carbons (Fsp3) is 0.279. The SMILES string of the molecule is CC(Cc1ccccc1)NCCC(c1ccccc1)c1ccccc1.COc1cccc(C(=O)CCN[C@@H](C)[C@H](O)c2ccccc2)c1. The predicted octanol–water partition coefficient (Wildman–Crippen LogP) is 8.41. The van der Waals surface area contributed by atoms with E-state index in [-0.39, 0.29) is 11.8 Å². The van der Waals surface area contributed by atoms with E-state index >= 15 is 0 Å². The first-order valence-electron chi connectivity index (χ1n) is 17.0. The lowest BCUT2D eigenvalue weighted by atomic mass is 9.88. The Morgan fingerprint density at radius 3 is 1.77 bits per heavy atom. The Balaban J connectivity index is 0.000000218. The quantitative estimate of drug-likeness (QED) is 0.0943. The average Bonchev–Trinajstić information content (AvgIpc) is 3.14. The molecular weight excluding hydrogens is 592 g/mol. The van der Waals surface area contributed by atoms with E-state index in [1.807, 2.05) is 43.3 Å². The molecule has 0 aliphatic heterocycles. The molecule has 3 atom stereocenters. The molecule has 3 N–H and O–H groups in total. The third-order valence-corrected chi connectivity index (χ3v) is 8.54. The van der Waals surface area contributed by atoms with Crippen LogP contribution in [0.1, 0.15) is 71.3 Å². The van der Waals surface area contributed by atoms with E-state index in [4.69, 9.17) is 4.74 Å². The van der Waals surface area contributed by atoms with Gasteiger partial charge in [-0.2, -0.15) is 0 Å². The van der Waals surface area contributed by atoms with Gasteiger partial charge in [-0.15, -0.1) is 0 Å². The molecule has 0 saturated carbocycles. The van der Waals surface area contributed by atoms with Crippen LogP contribution in [0.4, 0.5) is 0 Å². The molecule has 5 aromatic rings. The van der Waals surface area contributed by atoms with Crippen LogP contribution in [0.3, 0.4) is 0 Å². The summed E-state index contributed by atoms with van der Waals surface area (Å²) in [4.78, 5) is 12.2. The van der Waals surface area contributed by atoms with E-state index in [0.29, 0.717) is 36.2 Å². The second kappa shape index (κ2) is 20.0. The van der Waals surface area contributed by atoms with Gasteiger partial charge in [-0.3, -0.25) is 4.79 Å². The summed E-state index contributed by atoms with van der Waals surface area (Å²) >= 11 is 0. The highest BCUT2D eigenvalue weighted by atomic mass is 16.5. The summed E-state index contributed by atoms with van der Waals surface area (Å²) in [5.41, 5.74) is 5.69.